The van der Waals surface area contributed by atoms with Crippen molar-refractivity contribution in [1.29, 1.82) is 0 Å². The molecule has 27 heavy (non-hydrogen) atoms. The van der Waals surface area contributed by atoms with Crippen molar-refractivity contribution in [3.05, 3.63) is 34.9 Å². The monoisotopic (exact) mass is 396 g/mol. The molecule has 0 radical (unpaired) electrons. The van der Waals surface area contributed by atoms with Crippen molar-refractivity contribution in [3.63, 3.8) is 0 Å². The number of rotatable bonds is 8. The van der Waals surface area contributed by atoms with Gasteiger partial charge in [-0.05, 0) is 57.7 Å². The van der Waals surface area contributed by atoms with E-state index >= 15 is 0 Å². The van der Waals surface area contributed by atoms with Crippen LogP contribution in [0.25, 0.3) is 0 Å². The first-order chi connectivity index (χ1) is 12.6. The van der Waals surface area contributed by atoms with Crippen LogP contribution in [-0.2, 0) is 4.79 Å². The second-order valence-corrected chi connectivity index (χ2v) is 8.25. The molecule has 2 amide bonds. The second-order valence-electron chi connectivity index (χ2n) is 7.82. The molecule has 0 aliphatic heterocycles. The van der Waals surface area contributed by atoms with Crippen LogP contribution in [0.5, 0.6) is 0 Å². The smallest absolute Gasteiger partial charge is 0.251 e. The molecule has 0 heterocycles. The SMILES string of the molecule is CCC(=O)NC(C)(C)C.CCCC(CCC)CNC(=O)c1cccc(Cl)c1. The number of nitrogens with one attached hydrogen (secondary N) is 2. The van der Waals surface area contributed by atoms with Crippen LogP contribution in [0.15, 0.2) is 24.3 Å². The zero-order chi connectivity index (χ0) is 20.9. The Balaban J connectivity index is 0.000000636. The lowest BCUT2D eigenvalue weighted by Gasteiger charge is -2.19. The molecule has 0 fully saturated rings. The van der Waals surface area contributed by atoms with Crippen LogP contribution >= 0.6 is 11.6 Å². The number of halogens is 1. The van der Waals surface area contributed by atoms with Gasteiger partial charge >= 0.3 is 0 Å². The van der Waals surface area contributed by atoms with Crippen molar-refractivity contribution in [2.24, 2.45) is 5.92 Å². The van der Waals surface area contributed by atoms with Crippen LogP contribution in [0.3, 0.4) is 0 Å². The van der Waals surface area contributed by atoms with Crippen LogP contribution < -0.4 is 10.6 Å². The van der Waals surface area contributed by atoms with E-state index in [2.05, 4.69) is 24.5 Å². The number of amides is 2. The highest BCUT2D eigenvalue weighted by molar-refractivity contribution is 6.30. The third kappa shape index (κ3) is 13.3. The lowest BCUT2D eigenvalue weighted by molar-refractivity contribution is -0.122. The zero-order valence-corrected chi connectivity index (χ0v) is 18.6. The first-order valence-corrected chi connectivity index (χ1v) is 10.3. The standard InChI is InChI=1S/C15H22ClNO.C7H15NO/c1-3-6-12(7-4-2)11-17-15(18)13-8-5-9-14(16)10-13;1-5-6(9)8-7(2,3)4/h5,8-10,12H,3-4,6-7,11H2,1-2H3,(H,17,18);5H2,1-4H3,(H,8,9). The summed E-state index contributed by atoms with van der Waals surface area (Å²) in [5.41, 5.74) is 0.557. The van der Waals surface area contributed by atoms with Crippen molar-refractivity contribution in [1.82, 2.24) is 10.6 Å². The molecule has 1 rings (SSSR count). The summed E-state index contributed by atoms with van der Waals surface area (Å²) in [6.45, 7) is 12.9. The lowest BCUT2D eigenvalue weighted by Crippen LogP contribution is -2.40. The van der Waals surface area contributed by atoms with Gasteiger partial charge < -0.3 is 10.6 Å². The van der Waals surface area contributed by atoms with Crippen molar-refractivity contribution in [2.45, 2.75) is 79.2 Å². The highest BCUT2D eigenvalue weighted by Gasteiger charge is 2.11. The first kappa shape index (κ1) is 25.4. The van der Waals surface area contributed by atoms with Crippen molar-refractivity contribution in [2.75, 3.05) is 6.54 Å². The normalized spacial score (nSPS) is 10.8. The van der Waals surface area contributed by atoms with E-state index in [4.69, 9.17) is 11.6 Å². The van der Waals surface area contributed by atoms with Gasteiger partial charge in [0.2, 0.25) is 5.91 Å². The third-order valence-corrected chi connectivity index (χ3v) is 4.10. The molecule has 0 saturated carbocycles. The molecule has 0 unspecified atom stereocenters. The molecule has 0 saturated heterocycles. The maximum Gasteiger partial charge on any atom is 0.251 e. The summed E-state index contributed by atoms with van der Waals surface area (Å²) >= 11 is 5.87. The van der Waals surface area contributed by atoms with E-state index in [9.17, 15) is 9.59 Å². The Morgan fingerprint density at radius 3 is 2.07 bits per heavy atom. The molecule has 0 atom stereocenters. The fraction of sp³-hybridized carbons (Fsp3) is 0.636. The molecule has 0 bridgehead atoms. The summed E-state index contributed by atoms with van der Waals surface area (Å²) in [7, 11) is 0. The molecule has 0 spiro atoms. The van der Waals surface area contributed by atoms with Crippen LogP contribution in [0, 0.1) is 5.92 Å². The Morgan fingerprint density at radius 2 is 1.67 bits per heavy atom. The Hall–Kier alpha value is -1.55. The summed E-state index contributed by atoms with van der Waals surface area (Å²) in [5, 5.41) is 6.43. The summed E-state index contributed by atoms with van der Waals surface area (Å²) in [6.07, 6.45) is 5.24. The minimum absolute atomic E-state index is 0.0327. The highest BCUT2D eigenvalue weighted by atomic mass is 35.5. The topological polar surface area (TPSA) is 58.2 Å². The largest absolute Gasteiger partial charge is 0.352 e. The average molecular weight is 397 g/mol. The molecule has 0 aromatic heterocycles. The number of carbonyl (C=O) groups excluding carboxylic acids is 2. The molecule has 1 aromatic carbocycles. The van der Waals surface area contributed by atoms with Crippen LogP contribution in [0.1, 0.15) is 84.0 Å². The minimum atomic E-state index is -0.0763. The van der Waals surface area contributed by atoms with E-state index in [1.54, 1.807) is 24.3 Å². The Bertz CT molecular complexity index is 562. The van der Waals surface area contributed by atoms with Crippen LogP contribution in [0.2, 0.25) is 5.02 Å². The predicted molar refractivity (Wildman–Crippen MR) is 115 cm³/mol. The fourth-order valence-corrected chi connectivity index (χ4v) is 2.83. The second kappa shape index (κ2) is 13.6. The predicted octanol–water partition coefficient (Wildman–Crippen LogP) is 5.60. The molecular weight excluding hydrogens is 360 g/mol. The molecule has 5 heteroatoms. The van der Waals surface area contributed by atoms with Gasteiger partial charge in [0.1, 0.15) is 0 Å². The van der Waals surface area contributed by atoms with Gasteiger partial charge in [0, 0.05) is 29.1 Å². The number of carbonyl (C=O) groups is 2. The number of benzene rings is 1. The Kier molecular flexibility index (Phi) is 12.8. The lowest BCUT2D eigenvalue weighted by atomic mass is 9.98. The van der Waals surface area contributed by atoms with Gasteiger partial charge in [-0.1, -0.05) is 51.3 Å². The molecule has 1 aromatic rings. The zero-order valence-electron chi connectivity index (χ0n) is 17.8. The van der Waals surface area contributed by atoms with Gasteiger partial charge in [-0.25, -0.2) is 0 Å². The average Bonchev–Trinajstić information content (AvgIpc) is 2.59. The van der Waals surface area contributed by atoms with Gasteiger partial charge in [-0.2, -0.15) is 0 Å². The van der Waals surface area contributed by atoms with Crippen molar-refractivity contribution < 1.29 is 9.59 Å². The van der Waals surface area contributed by atoms with Gasteiger partial charge in [0.05, 0.1) is 0 Å². The van der Waals surface area contributed by atoms with E-state index in [0.29, 0.717) is 22.9 Å². The van der Waals surface area contributed by atoms with E-state index in [0.717, 1.165) is 19.4 Å². The van der Waals surface area contributed by atoms with Crippen molar-refractivity contribution >= 4 is 23.4 Å². The summed E-state index contributed by atoms with van der Waals surface area (Å²) in [6, 6.07) is 7.06. The minimum Gasteiger partial charge on any atom is -0.352 e. The molecule has 0 aliphatic rings. The van der Waals surface area contributed by atoms with Gasteiger partial charge in [-0.15, -0.1) is 0 Å². The molecule has 0 aliphatic carbocycles. The summed E-state index contributed by atoms with van der Waals surface area (Å²) in [5.74, 6) is 0.667. The molecule has 154 valence electrons. The Morgan fingerprint density at radius 1 is 1.07 bits per heavy atom. The van der Waals surface area contributed by atoms with Gasteiger partial charge in [0.15, 0.2) is 0 Å². The summed E-state index contributed by atoms with van der Waals surface area (Å²) < 4.78 is 0. The van der Waals surface area contributed by atoms with Crippen LogP contribution in [0.4, 0.5) is 0 Å². The Labute approximate surface area is 170 Å². The third-order valence-electron chi connectivity index (χ3n) is 3.87. The number of hydrogen-bond acceptors (Lipinski definition) is 2. The van der Waals surface area contributed by atoms with Gasteiger partial charge in [0.25, 0.3) is 5.91 Å². The van der Waals surface area contributed by atoms with Crippen molar-refractivity contribution in [3.8, 4) is 0 Å². The molecular formula is C22H37ClN2O2. The fourth-order valence-electron chi connectivity index (χ4n) is 2.64. The summed E-state index contributed by atoms with van der Waals surface area (Å²) in [4.78, 5) is 22.7. The first-order valence-electron chi connectivity index (χ1n) is 9.97. The number of hydrogen-bond donors (Lipinski definition) is 2. The molecule has 2 N–H and O–H groups in total. The van der Waals surface area contributed by atoms with E-state index in [-0.39, 0.29) is 17.4 Å². The quantitative estimate of drug-likeness (QED) is 0.601. The highest BCUT2D eigenvalue weighted by Crippen LogP contribution is 2.13. The molecule has 4 nitrogen and oxygen atoms in total. The van der Waals surface area contributed by atoms with E-state index in [1.165, 1.54) is 12.8 Å². The van der Waals surface area contributed by atoms with Gasteiger partial charge in [-0.3, -0.25) is 9.59 Å². The maximum atomic E-state index is 11.9. The van der Waals surface area contributed by atoms with E-state index < -0.39 is 0 Å². The van der Waals surface area contributed by atoms with E-state index in [1.807, 2.05) is 27.7 Å². The maximum absolute atomic E-state index is 11.9. The van der Waals surface area contributed by atoms with Crippen LogP contribution in [-0.4, -0.2) is 23.9 Å².